The van der Waals surface area contributed by atoms with Crippen LogP contribution in [0.15, 0.2) is 53.1 Å². The molecule has 0 bridgehead atoms. The fourth-order valence-electron chi connectivity index (χ4n) is 4.16. The number of carboxylic acids is 1. The lowest BCUT2D eigenvalue weighted by atomic mass is 10.0. The molecule has 4 aromatic rings. The molecule has 0 unspecified atom stereocenters. The number of carbonyl (C=O) groups is 1. The van der Waals surface area contributed by atoms with Crippen LogP contribution >= 0.6 is 23.2 Å². The highest BCUT2D eigenvalue weighted by Gasteiger charge is 2.34. The number of nitrogens with zero attached hydrogens (tertiary/aromatic N) is 2. The summed E-state index contributed by atoms with van der Waals surface area (Å²) in [5.41, 5.74) is 2.10. The summed E-state index contributed by atoms with van der Waals surface area (Å²) in [6, 6.07) is 12.3. The first-order valence-electron chi connectivity index (χ1n) is 11.4. The molecule has 1 saturated carbocycles. The molecular weight excluding hydrogens is 522 g/mol. The second-order valence-electron chi connectivity index (χ2n) is 8.68. The van der Waals surface area contributed by atoms with Crippen LogP contribution in [0, 0.1) is 0 Å². The van der Waals surface area contributed by atoms with Gasteiger partial charge in [0.2, 0.25) is 5.88 Å². The number of fused-ring (bicyclic) bond motifs is 2. The van der Waals surface area contributed by atoms with Crippen LogP contribution < -0.4 is 9.47 Å². The lowest BCUT2D eigenvalue weighted by Crippen LogP contribution is -2.02. The normalized spacial score (nSPS) is 14.2. The Bertz CT molecular complexity index is 1580. The number of aromatic nitrogens is 2. The van der Waals surface area contributed by atoms with Crippen LogP contribution in [0.4, 0.5) is 4.39 Å². The summed E-state index contributed by atoms with van der Waals surface area (Å²) in [7, 11) is 0. The molecule has 1 aliphatic heterocycles. The van der Waals surface area contributed by atoms with Crippen molar-refractivity contribution in [3.05, 3.63) is 86.7 Å². The largest absolute Gasteiger partial charge is 0.478 e. The van der Waals surface area contributed by atoms with Crippen LogP contribution in [0.25, 0.3) is 23.2 Å². The number of hydrogen-bond donors (Lipinski definition) is 1. The van der Waals surface area contributed by atoms with Crippen LogP contribution in [0.2, 0.25) is 10.0 Å². The number of aromatic carboxylic acids is 1. The fraction of sp³-hybridized carbons (Fsp3) is 0.148. The standard InChI is InChI=1S/C27H17Cl2FN2O5/c28-17-2-1-3-18(29)24(17)25-16(26(37-32-25)13-4-5-13)12-35-23-9-8-21-20(31-23)11-19(30)15-7-6-14(27(33)34)10-22(15)36-21/h1-3,6-11,13H,4-5,12H2,(H,33,34). The van der Waals surface area contributed by atoms with Crippen molar-refractivity contribution in [2.24, 2.45) is 0 Å². The van der Waals surface area contributed by atoms with Crippen molar-refractivity contribution in [1.82, 2.24) is 10.1 Å². The Morgan fingerprint density at radius 3 is 2.62 bits per heavy atom. The van der Waals surface area contributed by atoms with E-state index in [-0.39, 0.29) is 46.7 Å². The molecular formula is C27H17Cl2FN2O5. The van der Waals surface area contributed by atoms with Crippen molar-refractivity contribution in [2.75, 3.05) is 0 Å². The van der Waals surface area contributed by atoms with Crippen molar-refractivity contribution >= 4 is 41.1 Å². The van der Waals surface area contributed by atoms with Gasteiger partial charge in [0.15, 0.2) is 5.75 Å². The summed E-state index contributed by atoms with van der Waals surface area (Å²) in [5.74, 6) is -0.207. The molecule has 0 atom stereocenters. The van der Waals surface area contributed by atoms with E-state index in [1.54, 1.807) is 30.3 Å². The van der Waals surface area contributed by atoms with E-state index >= 15 is 0 Å². The molecule has 37 heavy (non-hydrogen) atoms. The molecule has 0 spiro atoms. The topological polar surface area (TPSA) is 94.7 Å². The zero-order chi connectivity index (χ0) is 25.7. The van der Waals surface area contributed by atoms with E-state index in [9.17, 15) is 14.3 Å². The number of benzene rings is 2. The number of rotatable bonds is 6. The minimum atomic E-state index is -1.14. The fourth-order valence-corrected chi connectivity index (χ4v) is 4.74. The zero-order valence-corrected chi connectivity index (χ0v) is 20.5. The van der Waals surface area contributed by atoms with Crippen LogP contribution in [-0.4, -0.2) is 21.2 Å². The molecule has 186 valence electrons. The number of pyridine rings is 1. The summed E-state index contributed by atoms with van der Waals surface area (Å²) in [6.07, 6.45) is 3.19. The first kappa shape index (κ1) is 23.5. The molecule has 7 nitrogen and oxygen atoms in total. The molecule has 2 aromatic heterocycles. The van der Waals surface area contributed by atoms with Crippen molar-refractivity contribution in [2.45, 2.75) is 25.4 Å². The Morgan fingerprint density at radius 2 is 1.89 bits per heavy atom. The molecule has 1 fully saturated rings. The average Bonchev–Trinajstić information content (AvgIpc) is 3.65. The Labute approximate surface area is 220 Å². The molecule has 1 N–H and O–H groups in total. The first-order valence-corrected chi connectivity index (χ1v) is 12.1. The molecule has 1 aliphatic carbocycles. The average molecular weight is 539 g/mol. The van der Waals surface area contributed by atoms with Crippen molar-refractivity contribution in [3.63, 3.8) is 0 Å². The van der Waals surface area contributed by atoms with Gasteiger partial charge in [0.25, 0.3) is 0 Å². The Kier molecular flexibility index (Phi) is 5.85. The van der Waals surface area contributed by atoms with Gasteiger partial charge in [0, 0.05) is 23.6 Å². The van der Waals surface area contributed by atoms with Gasteiger partial charge in [-0.25, -0.2) is 14.2 Å². The third kappa shape index (κ3) is 4.43. The zero-order valence-electron chi connectivity index (χ0n) is 19.0. The second-order valence-corrected chi connectivity index (χ2v) is 9.49. The molecule has 0 saturated heterocycles. The molecule has 3 heterocycles. The smallest absolute Gasteiger partial charge is 0.335 e. The van der Waals surface area contributed by atoms with E-state index in [0.717, 1.165) is 24.2 Å². The predicted molar refractivity (Wildman–Crippen MR) is 135 cm³/mol. The maximum absolute atomic E-state index is 15.0. The summed E-state index contributed by atoms with van der Waals surface area (Å²) >= 11 is 12.8. The Hall–Kier alpha value is -3.88. The predicted octanol–water partition coefficient (Wildman–Crippen LogP) is 7.77. The van der Waals surface area contributed by atoms with E-state index in [4.69, 9.17) is 37.2 Å². The lowest BCUT2D eigenvalue weighted by Gasteiger charge is -2.11. The van der Waals surface area contributed by atoms with Crippen molar-refractivity contribution in [1.29, 1.82) is 0 Å². The van der Waals surface area contributed by atoms with E-state index in [2.05, 4.69) is 10.1 Å². The highest BCUT2D eigenvalue weighted by Crippen LogP contribution is 2.46. The summed E-state index contributed by atoms with van der Waals surface area (Å²) in [6.45, 7) is 0.0766. The molecule has 2 aromatic carbocycles. The Balaban J connectivity index is 1.31. The van der Waals surface area contributed by atoms with Gasteiger partial charge in [-0.05, 0) is 49.2 Å². The van der Waals surface area contributed by atoms with Crippen LogP contribution in [0.5, 0.6) is 17.4 Å². The van der Waals surface area contributed by atoms with Crippen LogP contribution in [-0.2, 0) is 6.61 Å². The minimum Gasteiger partial charge on any atom is -0.478 e. The van der Waals surface area contributed by atoms with Gasteiger partial charge >= 0.3 is 5.97 Å². The van der Waals surface area contributed by atoms with E-state index < -0.39 is 11.8 Å². The SMILES string of the molecule is O=C(O)c1ccc2c(c1)Oc1ccc(OCc3c(-c4c(Cl)cccc4Cl)noc3C3CC3)nc1C=C2F. The number of carboxylic acid groups (broad SMARTS) is 1. The van der Waals surface area contributed by atoms with Crippen molar-refractivity contribution in [3.8, 4) is 28.6 Å². The molecule has 0 amide bonds. The Morgan fingerprint density at radius 1 is 1.11 bits per heavy atom. The maximum Gasteiger partial charge on any atom is 0.335 e. The summed E-state index contributed by atoms with van der Waals surface area (Å²) in [5, 5.41) is 14.4. The molecule has 6 rings (SSSR count). The van der Waals surface area contributed by atoms with E-state index in [0.29, 0.717) is 21.3 Å². The third-order valence-corrected chi connectivity index (χ3v) is 6.79. The number of hydrogen-bond acceptors (Lipinski definition) is 6. The van der Waals surface area contributed by atoms with E-state index in [1.165, 1.54) is 24.3 Å². The van der Waals surface area contributed by atoms with Gasteiger partial charge in [-0.1, -0.05) is 34.4 Å². The van der Waals surface area contributed by atoms with Gasteiger partial charge in [0.1, 0.15) is 35.3 Å². The van der Waals surface area contributed by atoms with Crippen LogP contribution in [0.3, 0.4) is 0 Å². The minimum absolute atomic E-state index is 0.0162. The molecule has 0 radical (unpaired) electrons. The quantitative estimate of drug-likeness (QED) is 0.268. The summed E-state index contributed by atoms with van der Waals surface area (Å²) < 4.78 is 32.4. The van der Waals surface area contributed by atoms with E-state index in [1.807, 2.05) is 0 Å². The number of ether oxygens (including phenoxy) is 2. The maximum atomic E-state index is 15.0. The second kappa shape index (κ2) is 9.21. The van der Waals surface area contributed by atoms with Crippen molar-refractivity contribution < 1.29 is 28.3 Å². The van der Waals surface area contributed by atoms with Gasteiger partial charge in [0.05, 0.1) is 26.7 Å². The monoisotopic (exact) mass is 538 g/mol. The number of halogens is 3. The third-order valence-electron chi connectivity index (χ3n) is 6.16. The summed E-state index contributed by atoms with van der Waals surface area (Å²) in [4.78, 5) is 15.7. The highest BCUT2D eigenvalue weighted by atomic mass is 35.5. The first-order chi connectivity index (χ1) is 17.9. The molecule has 2 aliphatic rings. The van der Waals surface area contributed by atoms with Gasteiger partial charge < -0.3 is 19.1 Å². The lowest BCUT2D eigenvalue weighted by molar-refractivity contribution is 0.0696. The van der Waals surface area contributed by atoms with Crippen LogP contribution in [0.1, 0.15) is 51.7 Å². The van der Waals surface area contributed by atoms with Gasteiger partial charge in [-0.2, -0.15) is 0 Å². The van der Waals surface area contributed by atoms with Gasteiger partial charge in [-0.15, -0.1) is 0 Å². The molecule has 10 heteroatoms. The highest BCUT2D eigenvalue weighted by molar-refractivity contribution is 6.39. The van der Waals surface area contributed by atoms with Gasteiger partial charge in [-0.3, -0.25) is 0 Å².